The summed E-state index contributed by atoms with van der Waals surface area (Å²) in [5.41, 5.74) is 3.04. The normalized spacial score (nSPS) is 19.5. The predicted octanol–water partition coefficient (Wildman–Crippen LogP) is 3.68. The summed E-state index contributed by atoms with van der Waals surface area (Å²) in [6, 6.07) is 16.6. The molecule has 4 rings (SSSR count). The third-order valence-electron chi connectivity index (χ3n) is 6.55. The van der Waals surface area contributed by atoms with Crippen LogP contribution in [-0.2, 0) is 16.0 Å². The first-order valence-corrected chi connectivity index (χ1v) is 10.9. The SMILES string of the molecule is COc1ccc(-c2cccc(CC3(C(=O)N4CCC(O)CC4)CCOCC3)c2)cc1. The molecule has 30 heavy (non-hydrogen) atoms. The van der Waals surface area contributed by atoms with E-state index >= 15 is 0 Å². The molecule has 0 bridgehead atoms. The van der Waals surface area contributed by atoms with Gasteiger partial charge in [0.05, 0.1) is 18.6 Å². The standard InChI is InChI=1S/C25H31NO4/c1-29-23-7-5-20(6-8-23)21-4-2-3-19(17-21)18-25(11-15-30-16-12-25)24(28)26-13-9-22(27)10-14-26/h2-8,17,22,27H,9-16,18H2,1H3. The highest BCUT2D eigenvalue weighted by Crippen LogP contribution is 2.38. The van der Waals surface area contributed by atoms with E-state index in [-0.39, 0.29) is 12.0 Å². The molecule has 2 aromatic rings. The zero-order valence-corrected chi connectivity index (χ0v) is 17.7. The second kappa shape index (κ2) is 9.19. The zero-order chi connectivity index (χ0) is 21.0. The average Bonchev–Trinajstić information content (AvgIpc) is 2.80. The van der Waals surface area contributed by atoms with Gasteiger partial charge >= 0.3 is 0 Å². The first kappa shape index (κ1) is 20.9. The van der Waals surface area contributed by atoms with Crippen LogP contribution >= 0.6 is 0 Å². The molecule has 0 aliphatic carbocycles. The number of benzene rings is 2. The van der Waals surface area contributed by atoms with Gasteiger partial charge in [-0.1, -0.05) is 36.4 Å². The fourth-order valence-corrected chi connectivity index (χ4v) is 4.67. The van der Waals surface area contributed by atoms with Crippen LogP contribution in [0.5, 0.6) is 5.75 Å². The Kier molecular flexibility index (Phi) is 6.40. The van der Waals surface area contributed by atoms with E-state index in [0.29, 0.717) is 39.1 Å². The molecule has 2 aliphatic rings. The van der Waals surface area contributed by atoms with Gasteiger partial charge in [-0.3, -0.25) is 4.79 Å². The Hall–Kier alpha value is -2.37. The number of rotatable bonds is 5. The number of aliphatic hydroxyl groups is 1. The maximum Gasteiger partial charge on any atom is 0.229 e. The number of carbonyl (C=O) groups is 1. The van der Waals surface area contributed by atoms with Crippen LogP contribution < -0.4 is 4.74 Å². The van der Waals surface area contributed by atoms with Crippen LogP contribution in [0.15, 0.2) is 48.5 Å². The number of hydrogen-bond donors (Lipinski definition) is 1. The number of aliphatic hydroxyl groups excluding tert-OH is 1. The van der Waals surface area contributed by atoms with Crippen molar-refractivity contribution in [1.29, 1.82) is 0 Å². The van der Waals surface area contributed by atoms with Gasteiger partial charge in [-0.2, -0.15) is 0 Å². The van der Waals surface area contributed by atoms with Gasteiger partial charge in [-0.05, 0) is 60.9 Å². The minimum Gasteiger partial charge on any atom is -0.497 e. The molecule has 2 fully saturated rings. The minimum atomic E-state index is -0.418. The van der Waals surface area contributed by atoms with Gasteiger partial charge < -0.3 is 19.5 Å². The topological polar surface area (TPSA) is 59.0 Å². The van der Waals surface area contributed by atoms with Gasteiger partial charge in [0, 0.05) is 26.3 Å². The van der Waals surface area contributed by atoms with Crippen LogP contribution in [0.4, 0.5) is 0 Å². The predicted molar refractivity (Wildman–Crippen MR) is 116 cm³/mol. The van der Waals surface area contributed by atoms with Crippen LogP contribution in [0.25, 0.3) is 11.1 Å². The maximum absolute atomic E-state index is 13.6. The lowest BCUT2D eigenvalue weighted by molar-refractivity contribution is -0.150. The summed E-state index contributed by atoms with van der Waals surface area (Å²) in [5.74, 6) is 1.07. The van der Waals surface area contributed by atoms with E-state index in [1.807, 2.05) is 17.0 Å². The summed E-state index contributed by atoms with van der Waals surface area (Å²) in [5, 5.41) is 9.82. The van der Waals surface area contributed by atoms with E-state index in [9.17, 15) is 9.90 Å². The van der Waals surface area contributed by atoms with E-state index in [4.69, 9.17) is 9.47 Å². The smallest absolute Gasteiger partial charge is 0.229 e. The molecule has 0 aromatic heterocycles. The third-order valence-corrected chi connectivity index (χ3v) is 6.55. The molecule has 1 amide bonds. The van der Waals surface area contributed by atoms with Gasteiger partial charge in [0.2, 0.25) is 5.91 Å². The maximum atomic E-state index is 13.6. The number of ether oxygens (including phenoxy) is 2. The molecular weight excluding hydrogens is 378 g/mol. The molecule has 0 radical (unpaired) electrons. The molecule has 1 N–H and O–H groups in total. The molecular formula is C25H31NO4. The summed E-state index contributed by atoms with van der Waals surface area (Å²) >= 11 is 0. The number of likely N-dealkylation sites (tertiary alicyclic amines) is 1. The highest BCUT2D eigenvalue weighted by Gasteiger charge is 2.43. The van der Waals surface area contributed by atoms with Gasteiger partial charge in [-0.25, -0.2) is 0 Å². The number of piperidine rings is 1. The molecule has 2 aromatic carbocycles. The van der Waals surface area contributed by atoms with Crippen LogP contribution in [0.3, 0.4) is 0 Å². The van der Waals surface area contributed by atoms with Crippen LogP contribution in [0.2, 0.25) is 0 Å². The average molecular weight is 410 g/mol. The second-order valence-corrected chi connectivity index (χ2v) is 8.52. The molecule has 0 atom stereocenters. The summed E-state index contributed by atoms with van der Waals surface area (Å²) in [6.07, 6.45) is 3.28. The summed E-state index contributed by atoms with van der Waals surface area (Å²) in [7, 11) is 1.67. The Labute approximate surface area is 178 Å². The fourth-order valence-electron chi connectivity index (χ4n) is 4.67. The third kappa shape index (κ3) is 4.52. The highest BCUT2D eigenvalue weighted by molar-refractivity contribution is 5.83. The first-order chi connectivity index (χ1) is 14.6. The number of nitrogens with zero attached hydrogens (tertiary/aromatic N) is 1. The molecule has 0 spiro atoms. The number of methoxy groups -OCH3 is 1. The van der Waals surface area contributed by atoms with Crippen LogP contribution in [0.1, 0.15) is 31.2 Å². The molecule has 5 nitrogen and oxygen atoms in total. The summed E-state index contributed by atoms with van der Waals surface area (Å²) < 4.78 is 10.9. The Morgan fingerprint density at radius 3 is 2.47 bits per heavy atom. The number of carbonyl (C=O) groups excluding carboxylic acids is 1. The van der Waals surface area contributed by atoms with Gasteiger partial charge in [0.1, 0.15) is 5.75 Å². The van der Waals surface area contributed by atoms with Crippen molar-refractivity contribution in [3.8, 4) is 16.9 Å². The van der Waals surface area contributed by atoms with Crippen molar-refractivity contribution in [3.05, 3.63) is 54.1 Å². The zero-order valence-electron chi connectivity index (χ0n) is 17.7. The van der Waals surface area contributed by atoms with E-state index in [2.05, 4.69) is 36.4 Å². The molecule has 2 aliphatic heterocycles. The van der Waals surface area contributed by atoms with Crippen molar-refractivity contribution in [2.45, 2.75) is 38.2 Å². The summed E-state index contributed by atoms with van der Waals surface area (Å²) in [4.78, 5) is 15.6. The Morgan fingerprint density at radius 2 is 1.80 bits per heavy atom. The monoisotopic (exact) mass is 409 g/mol. The lowest BCUT2D eigenvalue weighted by atomic mass is 9.73. The lowest BCUT2D eigenvalue weighted by Gasteiger charge is -2.41. The Morgan fingerprint density at radius 1 is 1.10 bits per heavy atom. The first-order valence-electron chi connectivity index (χ1n) is 10.9. The van der Waals surface area contributed by atoms with Crippen LogP contribution in [0, 0.1) is 5.41 Å². The molecule has 2 saturated heterocycles. The largest absolute Gasteiger partial charge is 0.497 e. The van der Waals surface area contributed by atoms with E-state index in [0.717, 1.165) is 36.1 Å². The molecule has 0 saturated carbocycles. The van der Waals surface area contributed by atoms with Gasteiger partial charge in [0.15, 0.2) is 0 Å². The second-order valence-electron chi connectivity index (χ2n) is 8.52. The number of amides is 1. The van der Waals surface area contributed by atoms with Gasteiger partial charge in [0.25, 0.3) is 0 Å². The lowest BCUT2D eigenvalue weighted by Crippen LogP contribution is -2.51. The van der Waals surface area contributed by atoms with E-state index in [1.165, 1.54) is 5.56 Å². The highest BCUT2D eigenvalue weighted by atomic mass is 16.5. The van der Waals surface area contributed by atoms with Gasteiger partial charge in [-0.15, -0.1) is 0 Å². The van der Waals surface area contributed by atoms with Crippen molar-refractivity contribution >= 4 is 5.91 Å². The van der Waals surface area contributed by atoms with Crippen molar-refractivity contribution in [2.75, 3.05) is 33.4 Å². The number of hydrogen-bond acceptors (Lipinski definition) is 4. The Bertz CT molecular complexity index is 850. The fraction of sp³-hybridized carbons (Fsp3) is 0.480. The Balaban J connectivity index is 1.56. The molecule has 160 valence electrons. The van der Waals surface area contributed by atoms with Crippen molar-refractivity contribution in [3.63, 3.8) is 0 Å². The van der Waals surface area contributed by atoms with Crippen molar-refractivity contribution in [2.24, 2.45) is 5.41 Å². The van der Waals surface area contributed by atoms with E-state index in [1.54, 1.807) is 7.11 Å². The van der Waals surface area contributed by atoms with Crippen LogP contribution in [-0.4, -0.2) is 55.4 Å². The minimum absolute atomic E-state index is 0.229. The quantitative estimate of drug-likeness (QED) is 0.818. The molecule has 5 heteroatoms. The molecule has 2 heterocycles. The molecule has 0 unspecified atom stereocenters. The van der Waals surface area contributed by atoms with E-state index < -0.39 is 5.41 Å². The van der Waals surface area contributed by atoms with Crippen molar-refractivity contribution < 1.29 is 19.4 Å². The summed E-state index contributed by atoms with van der Waals surface area (Å²) in [6.45, 7) is 2.55. The van der Waals surface area contributed by atoms with Crippen molar-refractivity contribution in [1.82, 2.24) is 4.90 Å².